The minimum absolute atomic E-state index is 0.152. The Kier molecular flexibility index (Phi) is 4.67. The van der Waals surface area contributed by atoms with Gasteiger partial charge in [-0.15, -0.1) is 11.8 Å². The van der Waals surface area contributed by atoms with Crippen molar-refractivity contribution in [3.63, 3.8) is 0 Å². The molecule has 0 spiro atoms. The van der Waals surface area contributed by atoms with E-state index in [-0.39, 0.29) is 6.10 Å². The number of aliphatic hydroxyl groups excluding tert-OH is 1. The lowest BCUT2D eigenvalue weighted by molar-refractivity contribution is 0.00167. The number of aliphatic hydroxyl groups is 1. The van der Waals surface area contributed by atoms with E-state index >= 15 is 0 Å². The van der Waals surface area contributed by atoms with Crippen LogP contribution >= 0.6 is 0 Å². The first-order valence-corrected chi connectivity index (χ1v) is 6.15. The maximum atomic E-state index is 10.2. The summed E-state index contributed by atoms with van der Waals surface area (Å²) in [6.07, 6.45) is 6.58. The van der Waals surface area contributed by atoms with Crippen LogP contribution in [0.2, 0.25) is 0 Å². The first-order chi connectivity index (χ1) is 7.08. The molecular weight excluding hydrogens is 184 g/mol. The Labute approximate surface area is 94.3 Å². The second-order valence-corrected chi connectivity index (χ2v) is 5.37. The van der Waals surface area contributed by atoms with Crippen molar-refractivity contribution in [2.24, 2.45) is 11.3 Å². The summed E-state index contributed by atoms with van der Waals surface area (Å²) < 4.78 is 0. The largest absolute Gasteiger partial charge is 0.393 e. The van der Waals surface area contributed by atoms with Gasteiger partial charge in [0, 0.05) is 6.42 Å². The summed E-state index contributed by atoms with van der Waals surface area (Å²) in [7, 11) is 0. The Balaban J connectivity index is 2.47. The van der Waals surface area contributed by atoms with Crippen LogP contribution in [0.4, 0.5) is 0 Å². The Morgan fingerprint density at radius 3 is 2.73 bits per heavy atom. The molecule has 0 radical (unpaired) electrons. The van der Waals surface area contributed by atoms with Gasteiger partial charge in [0.25, 0.3) is 0 Å². The molecular formula is C14H24O. The van der Waals surface area contributed by atoms with Crippen molar-refractivity contribution in [3.05, 3.63) is 0 Å². The van der Waals surface area contributed by atoms with Crippen LogP contribution < -0.4 is 0 Å². The zero-order chi connectivity index (χ0) is 11.3. The molecule has 2 atom stereocenters. The fourth-order valence-corrected chi connectivity index (χ4v) is 2.78. The van der Waals surface area contributed by atoms with E-state index in [1.165, 1.54) is 25.7 Å². The zero-order valence-electron chi connectivity index (χ0n) is 10.3. The molecule has 1 heteroatoms. The lowest BCUT2D eigenvalue weighted by Gasteiger charge is -2.41. The van der Waals surface area contributed by atoms with Crippen LogP contribution in [0.1, 0.15) is 59.3 Å². The van der Waals surface area contributed by atoms with Crippen molar-refractivity contribution >= 4 is 0 Å². The average molecular weight is 208 g/mol. The van der Waals surface area contributed by atoms with Crippen LogP contribution in [0.3, 0.4) is 0 Å². The van der Waals surface area contributed by atoms with Gasteiger partial charge in [0.05, 0.1) is 6.10 Å². The van der Waals surface area contributed by atoms with E-state index < -0.39 is 0 Å². The molecule has 15 heavy (non-hydrogen) atoms. The predicted molar refractivity (Wildman–Crippen MR) is 64.4 cm³/mol. The summed E-state index contributed by atoms with van der Waals surface area (Å²) in [5.41, 5.74) is 0.317. The van der Waals surface area contributed by atoms with Crippen molar-refractivity contribution in [1.29, 1.82) is 0 Å². The van der Waals surface area contributed by atoms with Crippen molar-refractivity contribution in [2.75, 3.05) is 0 Å². The minimum Gasteiger partial charge on any atom is -0.393 e. The predicted octanol–water partition coefficient (Wildman–Crippen LogP) is 3.37. The van der Waals surface area contributed by atoms with Gasteiger partial charge in [0.1, 0.15) is 0 Å². The number of hydrogen-bond donors (Lipinski definition) is 1. The van der Waals surface area contributed by atoms with Crippen LogP contribution in [-0.4, -0.2) is 11.2 Å². The molecule has 1 N–H and O–H groups in total. The van der Waals surface area contributed by atoms with Crippen LogP contribution in [0, 0.1) is 23.2 Å². The normalized spacial score (nSPS) is 26.5. The summed E-state index contributed by atoms with van der Waals surface area (Å²) in [5.74, 6) is 6.40. The molecule has 0 aromatic carbocycles. The molecule has 0 heterocycles. The maximum Gasteiger partial charge on any atom is 0.0582 e. The highest BCUT2D eigenvalue weighted by molar-refractivity contribution is 4.96. The van der Waals surface area contributed by atoms with Gasteiger partial charge in [-0.25, -0.2) is 0 Å². The van der Waals surface area contributed by atoms with Crippen molar-refractivity contribution in [3.8, 4) is 11.8 Å². The molecule has 1 nitrogen and oxygen atoms in total. The Morgan fingerprint density at radius 1 is 1.40 bits per heavy atom. The summed E-state index contributed by atoms with van der Waals surface area (Å²) in [4.78, 5) is 0. The van der Waals surface area contributed by atoms with E-state index in [0.717, 1.165) is 12.8 Å². The van der Waals surface area contributed by atoms with Gasteiger partial charge in [-0.05, 0) is 37.5 Å². The molecule has 0 amide bonds. The third-order valence-electron chi connectivity index (χ3n) is 3.80. The minimum atomic E-state index is -0.152. The molecule has 2 unspecified atom stereocenters. The van der Waals surface area contributed by atoms with E-state index in [1.54, 1.807) is 0 Å². The number of rotatable bonds is 3. The molecule has 1 saturated carbocycles. The standard InChI is InChI=1S/C14H24O/c1-4-5-6-10-13(15)12-9-7-8-11-14(12,2)3/h12-13,15H,6-11H2,1-3H3. The van der Waals surface area contributed by atoms with Crippen LogP contribution in [0.25, 0.3) is 0 Å². The molecule has 1 aliphatic carbocycles. The topological polar surface area (TPSA) is 20.2 Å². The lowest BCUT2D eigenvalue weighted by atomic mass is 9.66. The molecule has 0 saturated heterocycles. The highest BCUT2D eigenvalue weighted by Gasteiger charge is 2.36. The molecule has 0 aliphatic heterocycles. The van der Waals surface area contributed by atoms with Crippen molar-refractivity contribution < 1.29 is 5.11 Å². The second-order valence-electron chi connectivity index (χ2n) is 5.37. The third kappa shape index (κ3) is 3.54. The second kappa shape index (κ2) is 5.56. The molecule has 0 aromatic heterocycles. The van der Waals surface area contributed by atoms with E-state index in [4.69, 9.17) is 0 Å². The van der Waals surface area contributed by atoms with E-state index in [9.17, 15) is 5.11 Å². The van der Waals surface area contributed by atoms with Gasteiger partial charge >= 0.3 is 0 Å². The van der Waals surface area contributed by atoms with Gasteiger partial charge in [-0.2, -0.15) is 0 Å². The smallest absolute Gasteiger partial charge is 0.0582 e. The first-order valence-electron chi connectivity index (χ1n) is 6.15. The Morgan fingerprint density at radius 2 is 2.13 bits per heavy atom. The van der Waals surface area contributed by atoms with Crippen molar-refractivity contribution in [1.82, 2.24) is 0 Å². The number of hydrogen-bond acceptors (Lipinski definition) is 1. The fourth-order valence-electron chi connectivity index (χ4n) is 2.78. The highest BCUT2D eigenvalue weighted by Crippen LogP contribution is 2.43. The fraction of sp³-hybridized carbons (Fsp3) is 0.857. The van der Waals surface area contributed by atoms with Gasteiger partial charge in [-0.3, -0.25) is 0 Å². The molecule has 1 fully saturated rings. The van der Waals surface area contributed by atoms with Crippen LogP contribution in [0.5, 0.6) is 0 Å². The molecule has 1 rings (SSSR count). The molecule has 1 aliphatic rings. The SMILES string of the molecule is CC#CCCC(O)C1CCCCC1(C)C. The summed E-state index contributed by atoms with van der Waals surface area (Å²) >= 11 is 0. The summed E-state index contributed by atoms with van der Waals surface area (Å²) in [5, 5.41) is 10.2. The zero-order valence-corrected chi connectivity index (χ0v) is 10.3. The molecule has 86 valence electrons. The lowest BCUT2D eigenvalue weighted by Crippen LogP contribution is -2.36. The van der Waals surface area contributed by atoms with Gasteiger partial charge in [0.2, 0.25) is 0 Å². The summed E-state index contributed by atoms with van der Waals surface area (Å²) in [6.45, 7) is 6.45. The van der Waals surface area contributed by atoms with E-state index in [0.29, 0.717) is 11.3 Å². The van der Waals surface area contributed by atoms with Gasteiger partial charge < -0.3 is 5.11 Å². The van der Waals surface area contributed by atoms with Gasteiger partial charge in [0.15, 0.2) is 0 Å². The van der Waals surface area contributed by atoms with Crippen molar-refractivity contribution in [2.45, 2.75) is 65.4 Å². The maximum absolute atomic E-state index is 10.2. The highest BCUT2D eigenvalue weighted by atomic mass is 16.3. The van der Waals surface area contributed by atoms with E-state index in [1.807, 2.05) is 6.92 Å². The summed E-state index contributed by atoms with van der Waals surface area (Å²) in [6, 6.07) is 0. The monoisotopic (exact) mass is 208 g/mol. The van der Waals surface area contributed by atoms with Gasteiger partial charge in [-0.1, -0.05) is 26.7 Å². The average Bonchev–Trinajstić information content (AvgIpc) is 2.17. The van der Waals surface area contributed by atoms with Crippen LogP contribution in [0.15, 0.2) is 0 Å². The quantitative estimate of drug-likeness (QED) is 0.705. The van der Waals surface area contributed by atoms with E-state index in [2.05, 4.69) is 25.7 Å². The molecule has 0 aromatic rings. The van der Waals surface area contributed by atoms with Crippen LogP contribution in [-0.2, 0) is 0 Å². The third-order valence-corrected chi connectivity index (χ3v) is 3.80. The molecule has 0 bridgehead atoms. The first kappa shape index (κ1) is 12.6. The Hall–Kier alpha value is -0.480. The Bertz CT molecular complexity index is 244.